The lowest BCUT2D eigenvalue weighted by atomic mass is 9.94. The van der Waals surface area contributed by atoms with Crippen LogP contribution < -0.4 is 5.32 Å². The van der Waals surface area contributed by atoms with Crippen molar-refractivity contribution in [3.05, 3.63) is 35.4 Å². The first-order chi connectivity index (χ1) is 9.74. The van der Waals surface area contributed by atoms with Crippen LogP contribution in [0, 0.1) is 28.6 Å². The summed E-state index contributed by atoms with van der Waals surface area (Å²) in [5.41, 5.74) is 1.86. The summed E-state index contributed by atoms with van der Waals surface area (Å²) < 4.78 is 0. The van der Waals surface area contributed by atoms with Gasteiger partial charge in [0, 0.05) is 12.1 Å². The molecule has 3 unspecified atom stereocenters. The molecular formula is C17H21N3. The van der Waals surface area contributed by atoms with Crippen molar-refractivity contribution in [3.8, 4) is 12.1 Å². The van der Waals surface area contributed by atoms with Crippen molar-refractivity contribution in [3.63, 3.8) is 0 Å². The van der Waals surface area contributed by atoms with Crippen molar-refractivity contribution >= 4 is 0 Å². The largest absolute Gasteiger partial charge is 0.306 e. The van der Waals surface area contributed by atoms with Crippen LogP contribution in [0.4, 0.5) is 0 Å². The maximum absolute atomic E-state index is 9.31. The van der Waals surface area contributed by atoms with Crippen LogP contribution in [0.2, 0.25) is 0 Å². The Morgan fingerprint density at radius 2 is 1.80 bits per heavy atom. The van der Waals surface area contributed by atoms with E-state index in [0.717, 1.165) is 12.8 Å². The zero-order valence-corrected chi connectivity index (χ0v) is 12.0. The molecule has 1 aliphatic rings. The second-order valence-corrected chi connectivity index (χ2v) is 5.60. The third kappa shape index (κ3) is 3.59. The second-order valence-electron chi connectivity index (χ2n) is 5.60. The average molecular weight is 267 g/mol. The summed E-state index contributed by atoms with van der Waals surface area (Å²) in [5, 5.41) is 21.7. The van der Waals surface area contributed by atoms with E-state index in [0.29, 0.717) is 5.56 Å². The third-order valence-corrected chi connectivity index (χ3v) is 4.19. The molecular weight excluding hydrogens is 246 g/mol. The molecule has 0 saturated heterocycles. The van der Waals surface area contributed by atoms with Crippen LogP contribution in [0.3, 0.4) is 0 Å². The molecule has 0 aliphatic heterocycles. The number of nitriles is 2. The molecule has 104 valence electrons. The monoisotopic (exact) mass is 267 g/mol. The van der Waals surface area contributed by atoms with E-state index in [-0.39, 0.29) is 18.0 Å². The van der Waals surface area contributed by atoms with Gasteiger partial charge in [0.1, 0.15) is 0 Å². The van der Waals surface area contributed by atoms with Crippen molar-refractivity contribution in [2.24, 2.45) is 5.92 Å². The van der Waals surface area contributed by atoms with Crippen LogP contribution >= 0.6 is 0 Å². The Hall–Kier alpha value is -1.84. The van der Waals surface area contributed by atoms with E-state index < -0.39 is 0 Å². The zero-order valence-electron chi connectivity index (χ0n) is 12.0. The Kier molecular flexibility index (Phi) is 5.16. The van der Waals surface area contributed by atoms with Crippen LogP contribution in [-0.2, 0) is 0 Å². The van der Waals surface area contributed by atoms with Gasteiger partial charge >= 0.3 is 0 Å². The lowest BCUT2D eigenvalue weighted by molar-refractivity contribution is 0.361. The van der Waals surface area contributed by atoms with Gasteiger partial charge in [0.05, 0.1) is 23.6 Å². The number of nitrogens with zero attached hydrogens (tertiary/aromatic N) is 2. The fourth-order valence-corrected chi connectivity index (χ4v) is 2.93. The SMILES string of the molecule is CC(NC1CCCCCC1C#N)c1ccc(C#N)cc1. The highest BCUT2D eigenvalue weighted by atomic mass is 15.0. The highest BCUT2D eigenvalue weighted by Gasteiger charge is 2.24. The summed E-state index contributed by atoms with van der Waals surface area (Å²) in [4.78, 5) is 0. The van der Waals surface area contributed by atoms with Gasteiger partial charge in [-0.15, -0.1) is 0 Å². The molecule has 1 N–H and O–H groups in total. The highest BCUT2D eigenvalue weighted by Crippen LogP contribution is 2.25. The molecule has 0 bridgehead atoms. The molecule has 0 aromatic heterocycles. The number of hydrogen-bond acceptors (Lipinski definition) is 3. The minimum atomic E-state index is 0.123. The third-order valence-electron chi connectivity index (χ3n) is 4.19. The number of nitrogens with one attached hydrogen (secondary N) is 1. The molecule has 1 aromatic rings. The lowest BCUT2D eigenvalue weighted by Gasteiger charge is -2.25. The van der Waals surface area contributed by atoms with E-state index in [9.17, 15) is 5.26 Å². The smallest absolute Gasteiger partial charge is 0.0991 e. The van der Waals surface area contributed by atoms with E-state index in [1.54, 1.807) is 0 Å². The van der Waals surface area contributed by atoms with E-state index >= 15 is 0 Å². The molecule has 0 amide bonds. The van der Waals surface area contributed by atoms with Gasteiger partial charge in [0.25, 0.3) is 0 Å². The van der Waals surface area contributed by atoms with Crippen molar-refractivity contribution < 1.29 is 0 Å². The quantitative estimate of drug-likeness (QED) is 0.850. The lowest BCUT2D eigenvalue weighted by Crippen LogP contribution is -2.36. The molecule has 3 nitrogen and oxygen atoms in total. The van der Waals surface area contributed by atoms with Gasteiger partial charge in [0.2, 0.25) is 0 Å². The minimum absolute atomic E-state index is 0.123. The number of benzene rings is 1. The zero-order chi connectivity index (χ0) is 14.4. The fourth-order valence-electron chi connectivity index (χ4n) is 2.93. The normalized spacial score (nSPS) is 24.1. The van der Waals surface area contributed by atoms with Gasteiger partial charge in [-0.3, -0.25) is 0 Å². The molecule has 1 fully saturated rings. The van der Waals surface area contributed by atoms with Gasteiger partial charge in [-0.25, -0.2) is 0 Å². The number of rotatable bonds is 3. The van der Waals surface area contributed by atoms with Gasteiger partial charge in [-0.1, -0.05) is 31.4 Å². The first kappa shape index (κ1) is 14.6. The van der Waals surface area contributed by atoms with Gasteiger partial charge in [0.15, 0.2) is 0 Å². The molecule has 1 aromatic carbocycles. The topological polar surface area (TPSA) is 59.6 Å². The minimum Gasteiger partial charge on any atom is -0.306 e. The Bertz CT molecular complexity index is 507. The molecule has 1 aliphatic carbocycles. The Morgan fingerprint density at radius 3 is 2.45 bits per heavy atom. The van der Waals surface area contributed by atoms with E-state index in [4.69, 9.17) is 5.26 Å². The molecule has 2 rings (SSSR count). The van der Waals surface area contributed by atoms with Gasteiger partial charge in [-0.05, 0) is 37.5 Å². The van der Waals surface area contributed by atoms with Crippen LogP contribution in [0.1, 0.15) is 56.2 Å². The predicted octanol–water partition coefficient (Wildman–Crippen LogP) is 3.68. The summed E-state index contributed by atoms with van der Waals surface area (Å²) in [6.07, 6.45) is 5.70. The van der Waals surface area contributed by atoms with Crippen molar-refractivity contribution in [2.75, 3.05) is 0 Å². The molecule has 3 heteroatoms. The van der Waals surface area contributed by atoms with Crippen LogP contribution in [0.5, 0.6) is 0 Å². The Balaban J connectivity index is 2.03. The van der Waals surface area contributed by atoms with Crippen LogP contribution in [0.25, 0.3) is 0 Å². The fraction of sp³-hybridized carbons (Fsp3) is 0.529. The predicted molar refractivity (Wildman–Crippen MR) is 78.7 cm³/mol. The first-order valence-corrected chi connectivity index (χ1v) is 7.40. The van der Waals surface area contributed by atoms with E-state index in [1.165, 1.54) is 24.8 Å². The van der Waals surface area contributed by atoms with Gasteiger partial charge in [-0.2, -0.15) is 10.5 Å². The van der Waals surface area contributed by atoms with E-state index in [1.807, 2.05) is 24.3 Å². The standard InChI is InChI=1S/C17H21N3/c1-13(15-9-7-14(11-18)8-10-15)20-17-6-4-2-3-5-16(17)12-19/h7-10,13,16-17,20H,2-6H2,1H3. The maximum atomic E-state index is 9.31. The summed E-state index contributed by atoms with van der Waals surface area (Å²) >= 11 is 0. The van der Waals surface area contributed by atoms with Crippen molar-refractivity contribution in [1.82, 2.24) is 5.32 Å². The maximum Gasteiger partial charge on any atom is 0.0991 e. The second kappa shape index (κ2) is 7.08. The molecule has 20 heavy (non-hydrogen) atoms. The molecule has 0 radical (unpaired) electrons. The van der Waals surface area contributed by atoms with Crippen LogP contribution in [0.15, 0.2) is 24.3 Å². The summed E-state index contributed by atoms with van der Waals surface area (Å²) in [6, 6.07) is 12.8. The highest BCUT2D eigenvalue weighted by molar-refractivity contribution is 5.32. The van der Waals surface area contributed by atoms with Crippen molar-refractivity contribution in [2.45, 2.75) is 51.1 Å². The molecule has 3 atom stereocenters. The number of hydrogen-bond donors (Lipinski definition) is 1. The molecule has 0 heterocycles. The molecule has 1 saturated carbocycles. The first-order valence-electron chi connectivity index (χ1n) is 7.40. The summed E-state index contributed by atoms with van der Waals surface area (Å²) in [6.45, 7) is 2.13. The van der Waals surface area contributed by atoms with Crippen molar-refractivity contribution in [1.29, 1.82) is 10.5 Å². The Morgan fingerprint density at radius 1 is 1.10 bits per heavy atom. The summed E-state index contributed by atoms with van der Waals surface area (Å²) in [5.74, 6) is 0.123. The van der Waals surface area contributed by atoms with E-state index in [2.05, 4.69) is 24.4 Å². The average Bonchev–Trinajstić information content (AvgIpc) is 2.72. The molecule has 0 spiro atoms. The van der Waals surface area contributed by atoms with Crippen LogP contribution in [-0.4, -0.2) is 6.04 Å². The van der Waals surface area contributed by atoms with Gasteiger partial charge < -0.3 is 5.32 Å². The Labute approximate surface area is 121 Å². The summed E-state index contributed by atoms with van der Waals surface area (Å²) in [7, 11) is 0.